The van der Waals surface area contributed by atoms with E-state index in [1.54, 1.807) is 13.2 Å². The number of ether oxygens (including phenoxy) is 2. The molecule has 0 N–H and O–H groups in total. The van der Waals surface area contributed by atoms with Gasteiger partial charge < -0.3 is 9.47 Å². The van der Waals surface area contributed by atoms with Gasteiger partial charge in [0.05, 0.1) is 22.2 Å². The number of carbonyl (C=O) groups excluding carboxylic acids is 2. The highest BCUT2D eigenvalue weighted by molar-refractivity contribution is 14.1. The minimum atomic E-state index is -0.255. The van der Waals surface area contributed by atoms with Gasteiger partial charge in [0.1, 0.15) is 0 Å². The smallest absolute Gasteiger partial charge is 0.293 e. The molecule has 0 radical (unpaired) electrons. The highest BCUT2D eigenvalue weighted by Gasteiger charge is 2.34. The SMILES string of the molecule is CCOc1cc(/C=C2\SC(=O)N(CCc3ccccc3)C2=O)cc(I)c1OC. The first kappa shape index (κ1) is 20.7. The van der Waals surface area contributed by atoms with E-state index in [0.717, 1.165) is 26.5 Å². The summed E-state index contributed by atoms with van der Waals surface area (Å²) in [5.74, 6) is 1.02. The van der Waals surface area contributed by atoms with Crippen molar-refractivity contribution in [3.05, 3.63) is 62.1 Å². The molecule has 0 spiro atoms. The zero-order chi connectivity index (χ0) is 20.1. The van der Waals surface area contributed by atoms with Crippen molar-refractivity contribution in [3.63, 3.8) is 0 Å². The molecule has 0 aromatic heterocycles. The van der Waals surface area contributed by atoms with E-state index in [-0.39, 0.29) is 11.1 Å². The Morgan fingerprint density at radius 2 is 1.93 bits per heavy atom. The van der Waals surface area contributed by atoms with Crippen LogP contribution in [0.2, 0.25) is 0 Å². The van der Waals surface area contributed by atoms with Gasteiger partial charge in [-0.25, -0.2) is 0 Å². The third kappa shape index (κ3) is 4.70. The van der Waals surface area contributed by atoms with E-state index in [9.17, 15) is 9.59 Å². The Morgan fingerprint density at radius 3 is 2.61 bits per heavy atom. The van der Waals surface area contributed by atoms with E-state index in [2.05, 4.69) is 22.6 Å². The molecule has 0 unspecified atom stereocenters. The Balaban J connectivity index is 1.79. The molecule has 146 valence electrons. The lowest BCUT2D eigenvalue weighted by atomic mass is 10.1. The van der Waals surface area contributed by atoms with Gasteiger partial charge in [-0.1, -0.05) is 30.3 Å². The number of methoxy groups -OCH3 is 1. The molecular weight excluding hydrogens is 489 g/mol. The second-order valence-corrected chi connectivity index (χ2v) is 8.19. The van der Waals surface area contributed by atoms with Crippen LogP contribution >= 0.6 is 34.4 Å². The number of imide groups is 1. The molecule has 2 aromatic rings. The fraction of sp³-hybridized carbons (Fsp3) is 0.238. The molecular formula is C21H20INO4S. The van der Waals surface area contributed by atoms with Crippen LogP contribution in [0.3, 0.4) is 0 Å². The van der Waals surface area contributed by atoms with Gasteiger partial charge in [0.15, 0.2) is 11.5 Å². The Bertz CT molecular complexity index is 914. The number of hydrogen-bond donors (Lipinski definition) is 0. The molecule has 7 heteroatoms. The molecule has 1 aliphatic heterocycles. The molecule has 0 atom stereocenters. The van der Waals surface area contributed by atoms with Crippen molar-refractivity contribution in [1.82, 2.24) is 4.90 Å². The van der Waals surface area contributed by atoms with Crippen LogP contribution in [-0.2, 0) is 11.2 Å². The number of amides is 2. The molecule has 0 bridgehead atoms. The van der Waals surface area contributed by atoms with E-state index in [0.29, 0.717) is 36.0 Å². The summed E-state index contributed by atoms with van der Waals surface area (Å²) in [5, 5.41) is -0.236. The average molecular weight is 509 g/mol. The zero-order valence-corrected chi connectivity index (χ0v) is 18.6. The van der Waals surface area contributed by atoms with Crippen molar-refractivity contribution in [2.75, 3.05) is 20.3 Å². The summed E-state index contributed by atoms with van der Waals surface area (Å²) < 4.78 is 11.9. The molecule has 2 amide bonds. The second kappa shape index (κ2) is 9.47. The summed E-state index contributed by atoms with van der Waals surface area (Å²) in [6, 6.07) is 13.5. The van der Waals surface area contributed by atoms with Gasteiger partial charge in [0.2, 0.25) is 0 Å². The van der Waals surface area contributed by atoms with Gasteiger partial charge in [0, 0.05) is 6.54 Å². The lowest BCUT2D eigenvalue weighted by Gasteiger charge is -2.13. The number of benzene rings is 2. The number of hydrogen-bond acceptors (Lipinski definition) is 5. The molecule has 1 saturated heterocycles. The van der Waals surface area contributed by atoms with Crippen molar-refractivity contribution in [1.29, 1.82) is 0 Å². The average Bonchev–Trinajstić information content (AvgIpc) is 2.94. The van der Waals surface area contributed by atoms with E-state index in [1.165, 1.54) is 4.90 Å². The monoisotopic (exact) mass is 509 g/mol. The van der Waals surface area contributed by atoms with E-state index in [4.69, 9.17) is 9.47 Å². The standard InChI is InChI=1S/C21H20INO4S/c1-3-27-17-12-15(11-16(22)19(17)26-2)13-18-20(24)23(21(25)28-18)10-9-14-7-5-4-6-8-14/h4-8,11-13H,3,9-10H2,1-2H3/b18-13-. The molecule has 1 heterocycles. The lowest BCUT2D eigenvalue weighted by Crippen LogP contribution is -2.30. The normalized spacial score (nSPS) is 15.4. The summed E-state index contributed by atoms with van der Waals surface area (Å²) in [5.41, 5.74) is 1.89. The van der Waals surface area contributed by atoms with Crippen molar-refractivity contribution in [3.8, 4) is 11.5 Å². The van der Waals surface area contributed by atoms with Crippen LogP contribution in [-0.4, -0.2) is 36.3 Å². The molecule has 3 rings (SSSR count). The highest BCUT2D eigenvalue weighted by atomic mass is 127. The predicted octanol–water partition coefficient (Wildman–Crippen LogP) is 4.98. The minimum absolute atomic E-state index is 0.236. The third-order valence-electron chi connectivity index (χ3n) is 4.17. The van der Waals surface area contributed by atoms with Crippen LogP contribution in [0.4, 0.5) is 4.79 Å². The maximum Gasteiger partial charge on any atom is 0.293 e. The summed E-state index contributed by atoms with van der Waals surface area (Å²) in [7, 11) is 1.60. The third-order valence-corrected chi connectivity index (χ3v) is 5.88. The number of rotatable bonds is 7. The Kier molecular flexibility index (Phi) is 7.01. The fourth-order valence-electron chi connectivity index (χ4n) is 2.86. The van der Waals surface area contributed by atoms with Crippen molar-refractivity contribution in [2.45, 2.75) is 13.3 Å². The van der Waals surface area contributed by atoms with E-state index in [1.807, 2.05) is 49.4 Å². The first-order valence-corrected chi connectivity index (χ1v) is 10.7. The van der Waals surface area contributed by atoms with Gasteiger partial charge >= 0.3 is 0 Å². The molecule has 5 nitrogen and oxygen atoms in total. The van der Waals surface area contributed by atoms with Gasteiger partial charge in [0.25, 0.3) is 11.1 Å². The Hall–Kier alpha value is -2.00. The van der Waals surface area contributed by atoms with Crippen LogP contribution < -0.4 is 9.47 Å². The lowest BCUT2D eigenvalue weighted by molar-refractivity contribution is -0.122. The number of nitrogens with zero attached hydrogens (tertiary/aromatic N) is 1. The molecule has 0 aliphatic carbocycles. The summed E-state index contributed by atoms with van der Waals surface area (Å²) >= 11 is 3.14. The maximum absolute atomic E-state index is 12.7. The van der Waals surface area contributed by atoms with Crippen LogP contribution in [0, 0.1) is 3.57 Å². The second-order valence-electron chi connectivity index (χ2n) is 6.04. The highest BCUT2D eigenvalue weighted by Crippen LogP contribution is 2.37. The van der Waals surface area contributed by atoms with Crippen LogP contribution in [0.5, 0.6) is 11.5 Å². The largest absolute Gasteiger partial charge is 0.492 e. The zero-order valence-electron chi connectivity index (χ0n) is 15.6. The fourth-order valence-corrected chi connectivity index (χ4v) is 4.57. The molecule has 2 aromatic carbocycles. The van der Waals surface area contributed by atoms with Crippen molar-refractivity contribution < 1.29 is 19.1 Å². The number of thioether (sulfide) groups is 1. The summed E-state index contributed by atoms with van der Waals surface area (Å²) in [4.78, 5) is 26.8. The van der Waals surface area contributed by atoms with E-state index < -0.39 is 0 Å². The van der Waals surface area contributed by atoms with Gasteiger partial charge in [-0.2, -0.15) is 0 Å². The summed E-state index contributed by atoms with van der Waals surface area (Å²) in [6.45, 7) is 2.78. The van der Waals surface area contributed by atoms with Gasteiger partial charge in [-0.3, -0.25) is 14.5 Å². The first-order valence-electron chi connectivity index (χ1n) is 8.83. The van der Waals surface area contributed by atoms with Crippen molar-refractivity contribution in [2.24, 2.45) is 0 Å². The van der Waals surface area contributed by atoms with Crippen LogP contribution in [0.15, 0.2) is 47.4 Å². The molecule has 1 fully saturated rings. The van der Waals surface area contributed by atoms with Crippen molar-refractivity contribution >= 4 is 51.6 Å². The Morgan fingerprint density at radius 1 is 1.18 bits per heavy atom. The van der Waals surface area contributed by atoms with Gasteiger partial charge in [-0.05, 0) is 77.0 Å². The number of halogens is 1. The first-order chi connectivity index (χ1) is 13.5. The Labute approximate surface area is 182 Å². The maximum atomic E-state index is 12.7. The van der Waals surface area contributed by atoms with Crippen LogP contribution in [0.1, 0.15) is 18.1 Å². The predicted molar refractivity (Wildman–Crippen MR) is 120 cm³/mol. The topological polar surface area (TPSA) is 55.8 Å². The quantitative estimate of drug-likeness (QED) is 0.390. The number of carbonyl (C=O) groups is 2. The molecule has 0 saturated carbocycles. The van der Waals surface area contributed by atoms with Crippen LogP contribution in [0.25, 0.3) is 6.08 Å². The molecule has 1 aliphatic rings. The van der Waals surface area contributed by atoms with E-state index >= 15 is 0 Å². The summed E-state index contributed by atoms with van der Waals surface area (Å²) in [6.07, 6.45) is 2.37. The minimum Gasteiger partial charge on any atom is -0.492 e. The van der Waals surface area contributed by atoms with Gasteiger partial charge in [-0.15, -0.1) is 0 Å². The molecule has 28 heavy (non-hydrogen) atoms.